The number of carbonyl (C=O) groups excluding carboxylic acids is 2. The molecule has 0 aliphatic carbocycles. The highest BCUT2D eigenvalue weighted by Crippen LogP contribution is 2.21. The molecule has 8 heteroatoms. The number of benzene rings is 2. The van der Waals surface area contributed by atoms with E-state index in [1.807, 2.05) is 25.1 Å². The van der Waals surface area contributed by atoms with Crippen molar-refractivity contribution >= 4 is 33.7 Å². The topological polar surface area (TPSA) is 92.8 Å². The Kier molecular flexibility index (Phi) is 8.79. The van der Waals surface area contributed by atoms with Gasteiger partial charge < -0.3 is 10.1 Å². The fourth-order valence-electron chi connectivity index (χ4n) is 3.67. The minimum atomic E-state index is -3.51. The first-order valence-corrected chi connectivity index (χ1v) is 12.7. The van der Waals surface area contributed by atoms with Crippen molar-refractivity contribution in [1.29, 1.82) is 0 Å². The molecule has 7 nitrogen and oxygen atoms in total. The highest BCUT2D eigenvalue weighted by atomic mass is 32.2. The number of aryl methyl sites for hydroxylation is 1. The molecule has 1 N–H and O–H groups in total. The lowest BCUT2D eigenvalue weighted by molar-refractivity contribution is -0.142. The van der Waals surface area contributed by atoms with Crippen molar-refractivity contribution in [1.82, 2.24) is 4.31 Å². The molecule has 0 unspecified atom stereocenters. The van der Waals surface area contributed by atoms with Crippen LogP contribution in [-0.2, 0) is 30.8 Å². The summed E-state index contributed by atoms with van der Waals surface area (Å²) in [6, 6.07) is 13.8. The number of hydrogen-bond acceptors (Lipinski definition) is 5. The van der Waals surface area contributed by atoms with Crippen LogP contribution in [0.4, 0.5) is 5.69 Å². The van der Waals surface area contributed by atoms with E-state index < -0.39 is 28.5 Å². The predicted octanol–water partition coefficient (Wildman–Crippen LogP) is 4.01. The molecule has 0 atom stereocenters. The molecule has 0 spiro atoms. The summed E-state index contributed by atoms with van der Waals surface area (Å²) in [5.74, 6) is -1.07. The summed E-state index contributed by atoms with van der Waals surface area (Å²) in [5.41, 5.74) is 2.35. The minimum Gasteiger partial charge on any atom is -0.452 e. The fourth-order valence-corrected chi connectivity index (χ4v) is 5.18. The van der Waals surface area contributed by atoms with Gasteiger partial charge in [0.25, 0.3) is 5.91 Å². The molecule has 1 heterocycles. The lowest BCUT2D eigenvalue weighted by Gasteiger charge is -2.19. The number of rotatable bonds is 8. The molecule has 0 saturated carbocycles. The van der Waals surface area contributed by atoms with E-state index in [1.165, 1.54) is 12.2 Å². The third-order valence-corrected chi connectivity index (χ3v) is 7.43. The Labute approximate surface area is 195 Å². The number of esters is 1. The van der Waals surface area contributed by atoms with Crippen LogP contribution in [0.25, 0.3) is 6.08 Å². The summed E-state index contributed by atoms with van der Waals surface area (Å²) in [6.07, 6.45) is 7.38. The van der Waals surface area contributed by atoms with Crippen molar-refractivity contribution in [3.05, 3.63) is 65.7 Å². The van der Waals surface area contributed by atoms with Crippen LogP contribution in [0.15, 0.2) is 59.5 Å². The Morgan fingerprint density at radius 1 is 1.00 bits per heavy atom. The molecule has 1 aliphatic heterocycles. The average Bonchev–Trinajstić information content (AvgIpc) is 3.12. The van der Waals surface area contributed by atoms with Gasteiger partial charge in [-0.25, -0.2) is 13.2 Å². The SMILES string of the molecule is CCc1ccccc1NC(=O)COC(=O)/C=C/c1ccc(S(=O)(=O)N2CCCCCC2)cc1. The van der Waals surface area contributed by atoms with Crippen LogP contribution in [0.3, 0.4) is 0 Å². The third-order valence-electron chi connectivity index (χ3n) is 5.51. The summed E-state index contributed by atoms with van der Waals surface area (Å²) in [4.78, 5) is 24.3. The monoisotopic (exact) mass is 470 g/mol. The van der Waals surface area contributed by atoms with Gasteiger partial charge in [-0.05, 0) is 54.7 Å². The maximum atomic E-state index is 12.8. The molecule has 0 radical (unpaired) electrons. The molecule has 2 aromatic rings. The number of carbonyl (C=O) groups is 2. The lowest BCUT2D eigenvalue weighted by atomic mass is 10.1. The van der Waals surface area contributed by atoms with Gasteiger partial charge >= 0.3 is 5.97 Å². The van der Waals surface area contributed by atoms with Crippen molar-refractivity contribution in [2.24, 2.45) is 0 Å². The van der Waals surface area contributed by atoms with Gasteiger partial charge in [0.2, 0.25) is 10.0 Å². The third kappa shape index (κ3) is 7.00. The molecule has 3 rings (SSSR count). The second-order valence-corrected chi connectivity index (χ2v) is 9.83. The van der Waals surface area contributed by atoms with Crippen LogP contribution in [0.5, 0.6) is 0 Å². The zero-order valence-corrected chi connectivity index (χ0v) is 19.6. The number of nitrogens with one attached hydrogen (secondary N) is 1. The molecule has 0 bridgehead atoms. The first-order valence-electron chi connectivity index (χ1n) is 11.2. The summed E-state index contributed by atoms with van der Waals surface area (Å²) in [6.45, 7) is 2.70. The van der Waals surface area contributed by atoms with E-state index >= 15 is 0 Å². The zero-order chi connectivity index (χ0) is 23.7. The lowest BCUT2D eigenvalue weighted by Crippen LogP contribution is -2.31. The van der Waals surface area contributed by atoms with Gasteiger partial charge in [0.15, 0.2) is 6.61 Å². The molecule has 176 valence electrons. The largest absolute Gasteiger partial charge is 0.452 e. The molecule has 33 heavy (non-hydrogen) atoms. The molecular weight excluding hydrogens is 440 g/mol. The van der Waals surface area contributed by atoms with Crippen LogP contribution in [0.1, 0.15) is 43.7 Å². The van der Waals surface area contributed by atoms with E-state index in [2.05, 4.69) is 5.32 Å². The minimum absolute atomic E-state index is 0.244. The van der Waals surface area contributed by atoms with Crippen molar-refractivity contribution in [2.75, 3.05) is 25.0 Å². The van der Waals surface area contributed by atoms with Crippen LogP contribution in [0.2, 0.25) is 0 Å². The number of hydrogen-bond donors (Lipinski definition) is 1. The van der Waals surface area contributed by atoms with Gasteiger partial charge in [-0.15, -0.1) is 0 Å². The Hall–Kier alpha value is -2.97. The summed E-state index contributed by atoms with van der Waals surface area (Å²) in [7, 11) is -3.51. The van der Waals surface area contributed by atoms with Gasteiger partial charge in [0.1, 0.15) is 0 Å². The maximum Gasteiger partial charge on any atom is 0.331 e. The van der Waals surface area contributed by atoms with E-state index in [1.54, 1.807) is 34.6 Å². The average molecular weight is 471 g/mol. The molecule has 1 fully saturated rings. The zero-order valence-electron chi connectivity index (χ0n) is 18.8. The van der Waals surface area contributed by atoms with Crippen LogP contribution >= 0.6 is 0 Å². The van der Waals surface area contributed by atoms with Gasteiger partial charge in [-0.1, -0.05) is 50.1 Å². The normalized spacial score (nSPS) is 15.2. The maximum absolute atomic E-state index is 12.8. The quantitative estimate of drug-likeness (QED) is 0.465. The first-order chi connectivity index (χ1) is 15.9. The van der Waals surface area contributed by atoms with Crippen LogP contribution in [-0.4, -0.2) is 44.3 Å². The van der Waals surface area contributed by atoms with E-state index in [0.29, 0.717) is 24.3 Å². The van der Waals surface area contributed by atoms with Crippen LogP contribution < -0.4 is 5.32 Å². The molecule has 1 aliphatic rings. The fraction of sp³-hybridized carbons (Fsp3) is 0.360. The van der Waals surface area contributed by atoms with E-state index in [-0.39, 0.29) is 4.90 Å². The Bertz CT molecular complexity index is 1090. The van der Waals surface area contributed by atoms with Crippen molar-refractivity contribution < 1.29 is 22.7 Å². The second-order valence-electron chi connectivity index (χ2n) is 7.89. The second kappa shape index (κ2) is 11.8. The molecule has 0 aromatic heterocycles. The number of anilines is 1. The van der Waals surface area contributed by atoms with Gasteiger partial charge in [-0.3, -0.25) is 4.79 Å². The molecule has 2 aromatic carbocycles. The van der Waals surface area contributed by atoms with Gasteiger partial charge in [0.05, 0.1) is 4.90 Å². The predicted molar refractivity (Wildman–Crippen MR) is 128 cm³/mol. The summed E-state index contributed by atoms with van der Waals surface area (Å²) >= 11 is 0. The van der Waals surface area contributed by atoms with Crippen molar-refractivity contribution in [2.45, 2.75) is 43.9 Å². The number of ether oxygens (including phenoxy) is 1. The highest BCUT2D eigenvalue weighted by molar-refractivity contribution is 7.89. The Morgan fingerprint density at radius 3 is 2.33 bits per heavy atom. The molecule has 1 amide bonds. The Balaban J connectivity index is 1.52. The highest BCUT2D eigenvalue weighted by Gasteiger charge is 2.24. The van der Waals surface area contributed by atoms with Crippen LogP contribution in [0, 0.1) is 0 Å². The first kappa shape index (κ1) is 24.7. The number of amides is 1. The summed E-state index contributed by atoms with van der Waals surface area (Å²) < 4.78 is 32.2. The standard InChI is InChI=1S/C25H30N2O5S/c1-2-21-9-5-6-10-23(21)26-24(28)19-32-25(29)16-13-20-11-14-22(15-12-20)33(30,31)27-17-7-3-4-8-18-27/h5-6,9-16H,2-4,7-8,17-19H2,1H3,(H,26,28)/b16-13+. The molecular formula is C25H30N2O5S. The van der Waals surface area contributed by atoms with Gasteiger partial charge in [0, 0.05) is 24.9 Å². The van der Waals surface area contributed by atoms with Crippen molar-refractivity contribution in [3.8, 4) is 0 Å². The van der Waals surface area contributed by atoms with E-state index in [0.717, 1.165) is 37.7 Å². The van der Waals surface area contributed by atoms with E-state index in [9.17, 15) is 18.0 Å². The summed E-state index contributed by atoms with van der Waals surface area (Å²) in [5, 5.41) is 2.74. The smallest absolute Gasteiger partial charge is 0.331 e. The number of sulfonamides is 1. The van der Waals surface area contributed by atoms with Crippen molar-refractivity contribution in [3.63, 3.8) is 0 Å². The van der Waals surface area contributed by atoms with E-state index in [4.69, 9.17) is 4.74 Å². The number of para-hydroxylation sites is 1. The number of nitrogens with zero attached hydrogens (tertiary/aromatic N) is 1. The molecule has 1 saturated heterocycles. The van der Waals surface area contributed by atoms with Gasteiger partial charge in [-0.2, -0.15) is 4.31 Å². The Morgan fingerprint density at radius 2 is 1.67 bits per heavy atom.